The lowest BCUT2D eigenvalue weighted by atomic mass is 10.2. The largest absolute Gasteiger partial charge is 0.493 e. The first-order valence-corrected chi connectivity index (χ1v) is 7.45. The second kappa shape index (κ2) is 6.62. The lowest BCUT2D eigenvalue weighted by Gasteiger charge is -2.10. The van der Waals surface area contributed by atoms with Gasteiger partial charge in [-0.2, -0.15) is 0 Å². The second-order valence-electron chi connectivity index (χ2n) is 5.22. The Hall–Kier alpha value is -3.02. The zero-order valence-corrected chi connectivity index (χ0v) is 13.8. The predicted molar refractivity (Wildman–Crippen MR) is 88.6 cm³/mol. The first kappa shape index (κ1) is 15.9. The van der Waals surface area contributed by atoms with Gasteiger partial charge < -0.3 is 18.6 Å². The maximum Gasteiger partial charge on any atom is 0.338 e. The number of rotatable bonds is 5. The van der Waals surface area contributed by atoms with Crippen LogP contribution in [0.1, 0.15) is 21.7 Å². The Balaban J connectivity index is 1.79. The second-order valence-corrected chi connectivity index (χ2v) is 5.22. The maximum absolute atomic E-state index is 12.3. The molecule has 124 valence electrons. The summed E-state index contributed by atoms with van der Waals surface area (Å²) in [5.74, 6) is 0.617. The molecule has 0 saturated carbocycles. The lowest BCUT2D eigenvalue weighted by molar-refractivity contribution is 0.0465. The highest BCUT2D eigenvalue weighted by Crippen LogP contribution is 2.28. The molecule has 24 heavy (non-hydrogen) atoms. The Labute approximate surface area is 139 Å². The molecule has 2 heterocycles. The Morgan fingerprint density at radius 2 is 1.92 bits per heavy atom. The predicted octanol–water partition coefficient (Wildman–Crippen LogP) is 3.02. The summed E-state index contributed by atoms with van der Waals surface area (Å²) in [6, 6.07) is 10.7. The third-order valence-corrected chi connectivity index (χ3v) is 3.79. The van der Waals surface area contributed by atoms with Crippen LogP contribution in [0.3, 0.4) is 0 Å². The molecule has 0 aliphatic heterocycles. The van der Waals surface area contributed by atoms with Crippen molar-refractivity contribution in [2.45, 2.75) is 13.5 Å². The molecule has 0 unspecified atom stereocenters. The van der Waals surface area contributed by atoms with E-state index in [4.69, 9.17) is 14.2 Å². The molecule has 6 heteroatoms. The molecule has 0 aliphatic carbocycles. The Bertz CT molecular complexity index is 886. The van der Waals surface area contributed by atoms with Crippen molar-refractivity contribution in [3.8, 4) is 11.5 Å². The van der Waals surface area contributed by atoms with Crippen LogP contribution in [0.4, 0.5) is 0 Å². The van der Waals surface area contributed by atoms with Crippen LogP contribution in [0.2, 0.25) is 0 Å². The molecule has 6 nitrogen and oxygen atoms in total. The number of hydrogen-bond donors (Lipinski definition) is 0. The van der Waals surface area contributed by atoms with Gasteiger partial charge in [0, 0.05) is 6.20 Å². The zero-order chi connectivity index (χ0) is 17.1. The highest BCUT2D eigenvalue weighted by Gasteiger charge is 2.14. The molecule has 0 amide bonds. The first-order chi connectivity index (χ1) is 11.6. The molecule has 3 rings (SSSR count). The summed E-state index contributed by atoms with van der Waals surface area (Å²) < 4.78 is 17.7. The summed E-state index contributed by atoms with van der Waals surface area (Å²) in [7, 11) is 3.07. The molecule has 0 N–H and O–H groups in total. The molecule has 3 aromatic rings. The fraction of sp³-hybridized carbons (Fsp3) is 0.222. The third-order valence-electron chi connectivity index (χ3n) is 3.79. The maximum atomic E-state index is 12.3. The van der Waals surface area contributed by atoms with E-state index in [0.717, 1.165) is 17.0 Å². The average Bonchev–Trinajstić information content (AvgIpc) is 2.94. The Morgan fingerprint density at radius 1 is 1.12 bits per heavy atom. The molecule has 0 atom stereocenters. The van der Waals surface area contributed by atoms with E-state index in [1.54, 1.807) is 25.3 Å². The number of benzene rings is 1. The lowest BCUT2D eigenvalue weighted by Crippen LogP contribution is -2.08. The van der Waals surface area contributed by atoms with Gasteiger partial charge in [-0.05, 0) is 37.3 Å². The van der Waals surface area contributed by atoms with Crippen molar-refractivity contribution >= 4 is 11.6 Å². The Kier molecular flexibility index (Phi) is 4.37. The smallest absolute Gasteiger partial charge is 0.338 e. The van der Waals surface area contributed by atoms with E-state index in [0.29, 0.717) is 17.1 Å². The molecule has 0 aliphatic rings. The minimum absolute atomic E-state index is 0.143. The number of carbonyl (C=O) groups is 1. The van der Waals surface area contributed by atoms with Crippen LogP contribution in [0, 0.1) is 6.92 Å². The van der Waals surface area contributed by atoms with E-state index >= 15 is 0 Å². The van der Waals surface area contributed by atoms with Crippen molar-refractivity contribution in [2.75, 3.05) is 14.2 Å². The van der Waals surface area contributed by atoms with Gasteiger partial charge in [0.25, 0.3) is 0 Å². The van der Waals surface area contributed by atoms with E-state index < -0.39 is 5.97 Å². The number of methoxy groups -OCH3 is 2. The van der Waals surface area contributed by atoms with Gasteiger partial charge in [-0.15, -0.1) is 0 Å². The van der Waals surface area contributed by atoms with E-state index in [9.17, 15) is 4.79 Å². The molecule has 0 saturated heterocycles. The standard InChI is InChI=1S/C18H18N2O4/c1-12-14(20-9-5-4-6-17(20)19-12)11-24-18(21)13-7-8-15(22-2)16(10-13)23-3/h4-10H,11H2,1-3H3. The van der Waals surface area contributed by atoms with E-state index in [-0.39, 0.29) is 6.61 Å². The Morgan fingerprint density at radius 3 is 2.67 bits per heavy atom. The third kappa shape index (κ3) is 2.90. The highest BCUT2D eigenvalue weighted by atomic mass is 16.5. The van der Waals surface area contributed by atoms with Crippen LogP contribution >= 0.6 is 0 Å². The quantitative estimate of drug-likeness (QED) is 0.675. The number of carbonyl (C=O) groups excluding carboxylic acids is 1. The number of imidazole rings is 1. The topological polar surface area (TPSA) is 62.1 Å². The molecule has 0 spiro atoms. The van der Waals surface area contributed by atoms with Gasteiger partial charge >= 0.3 is 5.97 Å². The van der Waals surface area contributed by atoms with Crippen LogP contribution in [0.15, 0.2) is 42.6 Å². The van der Waals surface area contributed by atoms with Gasteiger partial charge in [-0.1, -0.05) is 6.07 Å². The summed E-state index contributed by atoms with van der Waals surface area (Å²) in [5.41, 5.74) is 2.91. The van der Waals surface area contributed by atoms with Crippen LogP contribution in [-0.4, -0.2) is 29.6 Å². The highest BCUT2D eigenvalue weighted by molar-refractivity contribution is 5.90. The zero-order valence-electron chi connectivity index (χ0n) is 13.8. The van der Waals surface area contributed by atoms with Crippen molar-refractivity contribution in [1.82, 2.24) is 9.38 Å². The van der Waals surface area contributed by atoms with Gasteiger partial charge in [-0.25, -0.2) is 9.78 Å². The fourth-order valence-corrected chi connectivity index (χ4v) is 2.52. The number of aromatic nitrogens is 2. The molecule has 0 bridgehead atoms. The van der Waals surface area contributed by atoms with Crippen molar-refractivity contribution in [3.05, 3.63) is 59.5 Å². The van der Waals surface area contributed by atoms with E-state index in [1.807, 2.05) is 35.7 Å². The van der Waals surface area contributed by atoms with E-state index in [1.165, 1.54) is 7.11 Å². The summed E-state index contributed by atoms with van der Waals surface area (Å²) in [6.07, 6.45) is 1.90. The minimum atomic E-state index is -0.429. The van der Waals surface area contributed by atoms with Gasteiger partial charge in [0.15, 0.2) is 11.5 Å². The SMILES string of the molecule is COc1ccc(C(=O)OCc2c(C)nc3ccccn23)cc1OC. The van der Waals surface area contributed by atoms with Gasteiger partial charge in [0.1, 0.15) is 12.3 Å². The van der Waals surface area contributed by atoms with Crippen LogP contribution in [-0.2, 0) is 11.3 Å². The molecule has 1 aromatic carbocycles. The van der Waals surface area contributed by atoms with Crippen LogP contribution in [0.5, 0.6) is 11.5 Å². The van der Waals surface area contributed by atoms with Crippen molar-refractivity contribution < 1.29 is 19.0 Å². The van der Waals surface area contributed by atoms with Crippen molar-refractivity contribution in [3.63, 3.8) is 0 Å². The monoisotopic (exact) mass is 326 g/mol. The van der Waals surface area contributed by atoms with Crippen molar-refractivity contribution in [1.29, 1.82) is 0 Å². The summed E-state index contributed by atoms with van der Waals surface area (Å²) >= 11 is 0. The number of esters is 1. The van der Waals surface area contributed by atoms with Gasteiger partial charge in [-0.3, -0.25) is 0 Å². The number of aryl methyl sites for hydroxylation is 1. The van der Waals surface area contributed by atoms with Gasteiger partial charge in [0.2, 0.25) is 0 Å². The van der Waals surface area contributed by atoms with Crippen molar-refractivity contribution in [2.24, 2.45) is 0 Å². The molecule has 0 radical (unpaired) electrons. The number of fused-ring (bicyclic) bond motifs is 1. The summed E-state index contributed by atoms with van der Waals surface area (Å²) in [6.45, 7) is 2.04. The minimum Gasteiger partial charge on any atom is -0.493 e. The molecular formula is C18H18N2O4. The normalized spacial score (nSPS) is 10.6. The van der Waals surface area contributed by atoms with E-state index in [2.05, 4.69) is 4.98 Å². The van der Waals surface area contributed by atoms with Crippen LogP contribution in [0.25, 0.3) is 5.65 Å². The number of ether oxygens (including phenoxy) is 3. The first-order valence-electron chi connectivity index (χ1n) is 7.45. The average molecular weight is 326 g/mol. The molecular weight excluding hydrogens is 308 g/mol. The summed E-state index contributed by atoms with van der Waals surface area (Å²) in [5, 5.41) is 0. The summed E-state index contributed by atoms with van der Waals surface area (Å²) in [4.78, 5) is 16.8. The van der Waals surface area contributed by atoms with Crippen LogP contribution < -0.4 is 9.47 Å². The molecule has 2 aromatic heterocycles. The fourth-order valence-electron chi connectivity index (χ4n) is 2.52. The number of nitrogens with zero attached hydrogens (tertiary/aromatic N) is 2. The van der Waals surface area contributed by atoms with Gasteiger partial charge in [0.05, 0.1) is 31.2 Å². The number of pyridine rings is 1. The molecule has 0 fully saturated rings. The number of hydrogen-bond acceptors (Lipinski definition) is 5.